The molecule has 1 atom stereocenters. The maximum atomic E-state index is 12.7. The molecule has 0 radical (unpaired) electrons. The van der Waals surface area contributed by atoms with Gasteiger partial charge in [-0.05, 0) is 44.1 Å². The van der Waals surface area contributed by atoms with Gasteiger partial charge in [0.1, 0.15) is 0 Å². The standard InChI is InChI=1S/C26H42N4O2/c1-21(2)20-28-13-15-29(16-14-28)24-8-17-32-26(18-24)9-11-30(12-10-26)25(31)27-19-23-6-4-22(3)5-7-23/h4-7,21,24H,8-20H2,1-3H3,(H,27,31). The second kappa shape index (κ2) is 10.5. The molecule has 32 heavy (non-hydrogen) atoms. The summed E-state index contributed by atoms with van der Waals surface area (Å²) in [7, 11) is 0. The lowest BCUT2D eigenvalue weighted by Gasteiger charge is -2.49. The Bertz CT molecular complexity index is 735. The zero-order valence-electron chi connectivity index (χ0n) is 20.3. The van der Waals surface area contributed by atoms with Gasteiger partial charge in [0.05, 0.1) is 5.60 Å². The molecule has 3 saturated heterocycles. The van der Waals surface area contributed by atoms with E-state index in [2.05, 4.69) is 60.2 Å². The summed E-state index contributed by atoms with van der Waals surface area (Å²) in [4.78, 5) is 20.0. The van der Waals surface area contributed by atoms with E-state index in [9.17, 15) is 4.79 Å². The zero-order chi connectivity index (χ0) is 22.6. The van der Waals surface area contributed by atoms with Crippen molar-refractivity contribution in [1.82, 2.24) is 20.0 Å². The highest BCUT2D eigenvalue weighted by Crippen LogP contribution is 2.37. The van der Waals surface area contributed by atoms with Gasteiger partial charge in [0.15, 0.2) is 0 Å². The number of nitrogens with zero attached hydrogens (tertiary/aromatic N) is 3. The van der Waals surface area contributed by atoms with Gasteiger partial charge in [0.25, 0.3) is 0 Å². The van der Waals surface area contributed by atoms with Gasteiger partial charge in [0.2, 0.25) is 0 Å². The highest BCUT2D eigenvalue weighted by atomic mass is 16.5. The number of carbonyl (C=O) groups excluding carboxylic acids is 1. The summed E-state index contributed by atoms with van der Waals surface area (Å²) in [6.45, 7) is 15.7. The molecule has 3 aliphatic heterocycles. The van der Waals surface area contributed by atoms with Gasteiger partial charge in [-0.15, -0.1) is 0 Å². The van der Waals surface area contributed by atoms with Crippen molar-refractivity contribution in [3.8, 4) is 0 Å². The number of piperazine rings is 1. The van der Waals surface area contributed by atoms with Gasteiger partial charge in [0, 0.05) is 65.0 Å². The Kier molecular flexibility index (Phi) is 7.74. The van der Waals surface area contributed by atoms with Crippen LogP contribution in [0.3, 0.4) is 0 Å². The van der Waals surface area contributed by atoms with Gasteiger partial charge >= 0.3 is 6.03 Å². The van der Waals surface area contributed by atoms with Gasteiger partial charge < -0.3 is 19.9 Å². The SMILES string of the molecule is Cc1ccc(CNC(=O)N2CCC3(CC2)CC(N2CCN(CC(C)C)CC2)CCO3)cc1. The molecule has 1 aromatic carbocycles. The summed E-state index contributed by atoms with van der Waals surface area (Å²) < 4.78 is 6.37. The van der Waals surface area contributed by atoms with E-state index in [1.807, 2.05) is 4.90 Å². The lowest BCUT2D eigenvalue weighted by Crippen LogP contribution is -2.58. The van der Waals surface area contributed by atoms with E-state index in [-0.39, 0.29) is 11.6 Å². The summed E-state index contributed by atoms with van der Waals surface area (Å²) in [6, 6.07) is 9.03. The zero-order valence-corrected chi connectivity index (χ0v) is 20.3. The van der Waals surface area contributed by atoms with Crippen molar-refractivity contribution < 1.29 is 9.53 Å². The van der Waals surface area contributed by atoms with Crippen LogP contribution >= 0.6 is 0 Å². The van der Waals surface area contributed by atoms with E-state index in [1.165, 1.54) is 38.3 Å². The summed E-state index contributed by atoms with van der Waals surface area (Å²) in [6.07, 6.45) is 4.17. The van der Waals surface area contributed by atoms with Crippen LogP contribution in [0.1, 0.15) is 50.7 Å². The first kappa shape index (κ1) is 23.5. The quantitative estimate of drug-likeness (QED) is 0.758. The Hall–Kier alpha value is -1.63. The summed E-state index contributed by atoms with van der Waals surface area (Å²) >= 11 is 0. The highest BCUT2D eigenvalue weighted by Gasteiger charge is 2.42. The molecule has 2 amide bonds. The Morgan fingerprint density at radius 2 is 1.78 bits per heavy atom. The van der Waals surface area contributed by atoms with Crippen molar-refractivity contribution in [3.63, 3.8) is 0 Å². The Morgan fingerprint density at radius 1 is 1.09 bits per heavy atom. The average molecular weight is 443 g/mol. The second-order valence-corrected chi connectivity index (χ2v) is 10.5. The Labute approximate surface area is 194 Å². The van der Waals surface area contributed by atoms with Crippen molar-refractivity contribution in [3.05, 3.63) is 35.4 Å². The van der Waals surface area contributed by atoms with Crippen molar-refractivity contribution in [1.29, 1.82) is 0 Å². The third kappa shape index (κ3) is 6.03. The maximum absolute atomic E-state index is 12.7. The smallest absolute Gasteiger partial charge is 0.317 e. The predicted octanol–water partition coefficient (Wildman–Crippen LogP) is 3.49. The van der Waals surface area contributed by atoms with Gasteiger partial charge in [-0.2, -0.15) is 0 Å². The first-order valence-electron chi connectivity index (χ1n) is 12.6. The molecule has 0 saturated carbocycles. The first-order valence-corrected chi connectivity index (χ1v) is 12.6. The fraction of sp³-hybridized carbons (Fsp3) is 0.731. The molecule has 1 aromatic rings. The average Bonchev–Trinajstić information content (AvgIpc) is 2.79. The predicted molar refractivity (Wildman–Crippen MR) is 129 cm³/mol. The number of piperidine rings is 1. The van der Waals surface area contributed by atoms with Gasteiger partial charge in [-0.1, -0.05) is 43.7 Å². The number of aryl methyl sites for hydroxylation is 1. The molecule has 0 aromatic heterocycles. The molecule has 6 heteroatoms. The Balaban J connectivity index is 1.23. The number of rotatable bonds is 5. The molecule has 1 N–H and O–H groups in total. The van der Waals surface area contributed by atoms with Crippen LogP contribution < -0.4 is 5.32 Å². The lowest BCUT2D eigenvalue weighted by molar-refractivity contribution is -0.132. The fourth-order valence-corrected chi connectivity index (χ4v) is 5.60. The second-order valence-electron chi connectivity index (χ2n) is 10.5. The lowest BCUT2D eigenvalue weighted by atomic mass is 9.81. The van der Waals surface area contributed by atoms with Crippen LogP contribution in [0, 0.1) is 12.8 Å². The number of benzene rings is 1. The molecule has 6 nitrogen and oxygen atoms in total. The topological polar surface area (TPSA) is 48.1 Å². The monoisotopic (exact) mass is 442 g/mol. The molecule has 0 aliphatic carbocycles. The molecule has 3 aliphatic rings. The summed E-state index contributed by atoms with van der Waals surface area (Å²) in [5.41, 5.74) is 2.35. The van der Waals surface area contributed by atoms with Crippen molar-refractivity contribution in [2.45, 2.75) is 64.6 Å². The van der Waals surface area contributed by atoms with Crippen LogP contribution in [0.2, 0.25) is 0 Å². The minimum Gasteiger partial charge on any atom is -0.375 e. The summed E-state index contributed by atoms with van der Waals surface area (Å²) in [5, 5.41) is 3.09. The number of carbonyl (C=O) groups is 1. The number of hydrogen-bond acceptors (Lipinski definition) is 4. The fourth-order valence-electron chi connectivity index (χ4n) is 5.60. The van der Waals surface area contributed by atoms with Crippen LogP contribution in [0.25, 0.3) is 0 Å². The number of amides is 2. The number of likely N-dealkylation sites (tertiary alicyclic amines) is 1. The van der Waals surface area contributed by atoms with E-state index in [0.29, 0.717) is 12.6 Å². The number of urea groups is 1. The molecular weight excluding hydrogens is 400 g/mol. The molecule has 1 unspecified atom stereocenters. The van der Waals surface area contributed by atoms with Gasteiger partial charge in [-0.3, -0.25) is 4.90 Å². The Morgan fingerprint density at radius 3 is 2.44 bits per heavy atom. The molecular formula is C26H42N4O2. The molecule has 178 valence electrons. The number of nitrogens with one attached hydrogen (secondary N) is 1. The third-order valence-electron chi connectivity index (χ3n) is 7.54. The molecule has 3 heterocycles. The molecule has 4 rings (SSSR count). The number of hydrogen-bond donors (Lipinski definition) is 1. The molecule has 1 spiro atoms. The van der Waals surface area contributed by atoms with Crippen molar-refractivity contribution in [2.75, 3.05) is 52.4 Å². The maximum Gasteiger partial charge on any atom is 0.317 e. The first-order chi connectivity index (χ1) is 15.4. The van der Waals surface area contributed by atoms with E-state index in [0.717, 1.165) is 56.9 Å². The summed E-state index contributed by atoms with van der Waals surface area (Å²) in [5.74, 6) is 0.743. The van der Waals surface area contributed by atoms with Crippen LogP contribution in [0.15, 0.2) is 24.3 Å². The molecule has 0 bridgehead atoms. The normalized spacial score (nSPS) is 24.8. The minimum atomic E-state index is -0.0360. The van der Waals surface area contributed by atoms with Crippen LogP contribution in [0.4, 0.5) is 4.79 Å². The number of ether oxygens (including phenoxy) is 1. The van der Waals surface area contributed by atoms with E-state index >= 15 is 0 Å². The van der Waals surface area contributed by atoms with Gasteiger partial charge in [-0.25, -0.2) is 4.79 Å². The largest absolute Gasteiger partial charge is 0.375 e. The van der Waals surface area contributed by atoms with E-state index < -0.39 is 0 Å². The molecule has 3 fully saturated rings. The minimum absolute atomic E-state index is 0.0360. The van der Waals surface area contributed by atoms with Crippen molar-refractivity contribution >= 4 is 6.03 Å². The third-order valence-corrected chi connectivity index (χ3v) is 7.54. The van der Waals surface area contributed by atoms with Crippen LogP contribution in [-0.2, 0) is 11.3 Å². The van der Waals surface area contributed by atoms with Crippen LogP contribution in [-0.4, -0.2) is 84.8 Å². The van der Waals surface area contributed by atoms with E-state index in [4.69, 9.17) is 4.74 Å². The van der Waals surface area contributed by atoms with Crippen LogP contribution in [0.5, 0.6) is 0 Å². The van der Waals surface area contributed by atoms with E-state index in [1.54, 1.807) is 0 Å². The highest BCUT2D eigenvalue weighted by molar-refractivity contribution is 5.74. The van der Waals surface area contributed by atoms with Crippen molar-refractivity contribution in [2.24, 2.45) is 5.92 Å².